The number of hydrogen-bond donors (Lipinski definition) is 1. The predicted octanol–water partition coefficient (Wildman–Crippen LogP) is 3.90. The maximum Gasteiger partial charge on any atom is 0.133 e. The second kappa shape index (κ2) is 5.40. The second-order valence-corrected chi connectivity index (χ2v) is 6.07. The van der Waals surface area contributed by atoms with E-state index in [0.29, 0.717) is 6.54 Å². The fourth-order valence-corrected chi connectivity index (χ4v) is 3.17. The summed E-state index contributed by atoms with van der Waals surface area (Å²) >= 11 is 3.50. The zero-order valence-corrected chi connectivity index (χ0v) is 12.7. The smallest absolute Gasteiger partial charge is 0.133 e. The minimum atomic E-state index is -0.561. The first-order chi connectivity index (χ1) is 9.73. The molecule has 0 saturated heterocycles. The topological polar surface area (TPSA) is 35.8 Å². The van der Waals surface area contributed by atoms with Crippen LogP contribution < -0.4 is 5.32 Å². The van der Waals surface area contributed by atoms with Gasteiger partial charge in [-0.25, -0.2) is 0 Å². The van der Waals surface area contributed by atoms with Crippen LogP contribution in [0.2, 0.25) is 0 Å². The van der Waals surface area contributed by atoms with Crippen LogP contribution in [0.4, 0.5) is 0 Å². The summed E-state index contributed by atoms with van der Waals surface area (Å²) in [6.45, 7) is 0.709. The van der Waals surface area contributed by atoms with Gasteiger partial charge in [0.25, 0.3) is 0 Å². The van der Waals surface area contributed by atoms with Gasteiger partial charge in [-0.05, 0) is 41.7 Å². The number of hydrogen-bond acceptors (Lipinski definition) is 2. The Kier molecular flexibility index (Phi) is 3.60. The van der Waals surface area contributed by atoms with Crippen LogP contribution in [0.1, 0.15) is 23.1 Å². The second-order valence-electron chi connectivity index (χ2n) is 5.16. The molecule has 1 aliphatic rings. The van der Waals surface area contributed by atoms with Crippen molar-refractivity contribution in [3.05, 3.63) is 69.7 Å². The van der Waals surface area contributed by atoms with Crippen LogP contribution in [0.3, 0.4) is 0 Å². The van der Waals surface area contributed by atoms with Crippen molar-refractivity contribution in [1.29, 1.82) is 5.26 Å². The average Bonchev–Trinajstić information content (AvgIpc) is 2.85. The van der Waals surface area contributed by atoms with Crippen LogP contribution in [0.25, 0.3) is 0 Å². The van der Waals surface area contributed by atoms with Crippen LogP contribution in [0.5, 0.6) is 0 Å². The van der Waals surface area contributed by atoms with Crippen LogP contribution >= 0.6 is 15.9 Å². The fourth-order valence-electron chi connectivity index (χ4n) is 2.81. The summed E-state index contributed by atoms with van der Waals surface area (Å²) in [6.07, 6.45) is 1.79. The predicted molar refractivity (Wildman–Crippen MR) is 83.0 cm³/mol. The lowest BCUT2D eigenvalue weighted by Crippen LogP contribution is -2.38. The SMILES string of the molecule is N#CC1(NCc2ccccc2)CCc2ccc(Br)cc21. The van der Waals surface area contributed by atoms with Crippen LogP contribution in [0.15, 0.2) is 53.0 Å². The molecular weight excluding hydrogens is 312 g/mol. The number of nitrogens with one attached hydrogen (secondary N) is 1. The summed E-state index contributed by atoms with van der Waals surface area (Å²) < 4.78 is 1.03. The Morgan fingerprint density at radius 3 is 2.75 bits per heavy atom. The summed E-state index contributed by atoms with van der Waals surface area (Å²) in [6, 6.07) is 18.9. The molecular formula is C17H15BrN2. The number of nitriles is 1. The van der Waals surface area contributed by atoms with Gasteiger partial charge in [-0.1, -0.05) is 52.3 Å². The van der Waals surface area contributed by atoms with Crippen molar-refractivity contribution < 1.29 is 0 Å². The van der Waals surface area contributed by atoms with E-state index in [0.717, 1.165) is 22.9 Å². The van der Waals surface area contributed by atoms with E-state index in [2.05, 4.69) is 51.6 Å². The van der Waals surface area contributed by atoms with Crippen LogP contribution in [0, 0.1) is 11.3 Å². The molecule has 2 nitrogen and oxygen atoms in total. The number of nitrogens with zero attached hydrogens (tertiary/aromatic N) is 1. The molecule has 0 amide bonds. The lowest BCUT2D eigenvalue weighted by molar-refractivity contribution is 0.422. The van der Waals surface area contributed by atoms with Gasteiger partial charge in [0.15, 0.2) is 0 Å². The number of benzene rings is 2. The van der Waals surface area contributed by atoms with Gasteiger partial charge in [-0.2, -0.15) is 5.26 Å². The Morgan fingerprint density at radius 2 is 2.00 bits per heavy atom. The summed E-state index contributed by atoms with van der Waals surface area (Å²) in [5.74, 6) is 0. The molecule has 0 heterocycles. The molecule has 1 atom stereocenters. The summed E-state index contributed by atoms with van der Waals surface area (Å²) in [5, 5.41) is 13.2. The molecule has 3 rings (SSSR count). The standard InChI is InChI=1S/C17H15BrN2/c18-15-7-6-14-8-9-17(12-19,16(14)10-15)20-11-13-4-2-1-3-5-13/h1-7,10,20H,8-9,11H2. The highest BCUT2D eigenvalue weighted by Gasteiger charge is 2.38. The Labute approximate surface area is 127 Å². The molecule has 0 fully saturated rings. The zero-order chi connectivity index (χ0) is 14.0. The lowest BCUT2D eigenvalue weighted by atomic mass is 9.93. The maximum atomic E-state index is 9.70. The first kappa shape index (κ1) is 13.4. The number of halogens is 1. The molecule has 2 aromatic carbocycles. The molecule has 2 aromatic rings. The first-order valence-corrected chi connectivity index (χ1v) is 7.52. The van der Waals surface area contributed by atoms with Gasteiger partial charge >= 0.3 is 0 Å². The summed E-state index contributed by atoms with van der Waals surface area (Å²) in [4.78, 5) is 0. The van der Waals surface area contributed by atoms with Crippen molar-refractivity contribution in [2.24, 2.45) is 0 Å². The summed E-state index contributed by atoms with van der Waals surface area (Å²) in [7, 11) is 0. The van der Waals surface area contributed by atoms with Crippen molar-refractivity contribution >= 4 is 15.9 Å². The first-order valence-electron chi connectivity index (χ1n) is 6.73. The normalized spacial score (nSPS) is 20.4. The molecule has 0 aliphatic heterocycles. The molecule has 3 heteroatoms. The highest BCUT2D eigenvalue weighted by Crippen LogP contribution is 2.38. The van der Waals surface area contributed by atoms with Gasteiger partial charge in [-0.15, -0.1) is 0 Å². The number of fused-ring (bicyclic) bond motifs is 1. The third kappa shape index (κ3) is 2.37. The van der Waals surface area contributed by atoms with Gasteiger partial charge < -0.3 is 0 Å². The molecule has 0 saturated carbocycles. The highest BCUT2D eigenvalue weighted by atomic mass is 79.9. The van der Waals surface area contributed by atoms with E-state index >= 15 is 0 Å². The molecule has 1 aliphatic carbocycles. The van der Waals surface area contributed by atoms with E-state index in [9.17, 15) is 5.26 Å². The molecule has 0 bridgehead atoms. The van der Waals surface area contributed by atoms with E-state index < -0.39 is 5.54 Å². The lowest BCUT2D eigenvalue weighted by Gasteiger charge is -2.24. The Bertz CT molecular complexity index is 660. The van der Waals surface area contributed by atoms with E-state index in [1.807, 2.05) is 24.3 Å². The van der Waals surface area contributed by atoms with Crippen molar-refractivity contribution in [2.45, 2.75) is 24.9 Å². The largest absolute Gasteiger partial charge is 0.292 e. The van der Waals surface area contributed by atoms with Crippen molar-refractivity contribution in [2.75, 3.05) is 0 Å². The number of aryl methyl sites for hydroxylation is 1. The third-order valence-corrected chi connectivity index (χ3v) is 4.42. The van der Waals surface area contributed by atoms with Gasteiger partial charge in [0.1, 0.15) is 5.54 Å². The minimum absolute atomic E-state index is 0.561. The molecule has 100 valence electrons. The van der Waals surface area contributed by atoms with E-state index in [1.54, 1.807) is 0 Å². The van der Waals surface area contributed by atoms with E-state index in [4.69, 9.17) is 0 Å². The van der Waals surface area contributed by atoms with Gasteiger partial charge in [0.05, 0.1) is 6.07 Å². The summed E-state index contributed by atoms with van der Waals surface area (Å²) in [5.41, 5.74) is 3.03. The van der Waals surface area contributed by atoms with Gasteiger partial charge in [0.2, 0.25) is 0 Å². The van der Waals surface area contributed by atoms with Crippen molar-refractivity contribution in [1.82, 2.24) is 5.32 Å². The molecule has 1 unspecified atom stereocenters. The van der Waals surface area contributed by atoms with Crippen LogP contribution in [-0.2, 0) is 18.5 Å². The Hall–Kier alpha value is -1.63. The van der Waals surface area contributed by atoms with E-state index in [-0.39, 0.29) is 0 Å². The van der Waals surface area contributed by atoms with Crippen LogP contribution in [-0.4, -0.2) is 0 Å². The molecule has 0 radical (unpaired) electrons. The van der Waals surface area contributed by atoms with Gasteiger partial charge in [-0.3, -0.25) is 5.32 Å². The maximum absolute atomic E-state index is 9.70. The van der Waals surface area contributed by atoms with E-state index in [1.165, 1.54) is 11.1 Å². The quantitative estimate of drug-likeness (QED) is 0.928. The zero-order valence-electron chi connectivity index (χ0n) is 11.1. The van der Waals surface area contributed by atoms with Gasteiger partial charge in [0, 0.05) is 11.0 Å². The minimum Gasteiger partial charge on any atom is -0.292 e. The highest BCUT2D eigenvalue weighted by molar-refractivity contribution is 9.10. The monoisotopic (exact) mass is 326 g/mol. The number of rotatable bonds is 3. The Morgan fingerprint density at radius 1 is 1.20 bits per heavy atom. The molecule has 1 N–H and O–H groups in total. The molecule has 20 heavy (non-hydrogen) atoms. The average molecular weight is 327 g/mol. The molecule has 0 aromatic heterocycles. The third-order valence-electron chi connectivity index (χ3n) is 3.93. The molecule has 0 spiro atoms. The Balaban J connectivity index is 1.88. The van der Waals surface area contributed by atoms with Crippen molar-refractivity contribution in [3.8, 4) is 6.07 Å². The fraction of sp³-hybridized carbons (Fsp3) is 0.235. The van der Waals surface area contributed by atoms with Crippen molar-refractivity contribution in [3.63, 3.8) is 0 Å².